The minimum Gasteiger partial charge on any atom is -0.437 e. The molecule has 0 aliphatic heterocycles. The van der Waals surface area contributed by atoms with Gasteiger partial charge < -0.3 is 10.1 Å². The van der Waals surface area contributed by atoms with E-state index in [1.54, 1.807) is 6.20 Å². The van der Waals surface area contributed by atoms with Crippen molar-refractivity contribution in [2.75, 3.05) is 0 Å². The number of hydrogen-bond acceptors (Lipinski definition) is 4. The molecule has 0 unspecified atom stereocenters. The van der Waals surface area contributed by atoms with E-state index < -0.39 is 0 Å². The summed E-state index contributed by atoms with van der Waals surface area (Å²) in [5.74, 6) is 1.31. The first-order valence-corrected chi connectivity index (χ1v) is 6.32. The topological polar surface area (TPSA) is 62.8 Å². The van der Waals surface area contributed by atoms with Gasteiger partial charge in [0.2, 0.25) is 5.88 Å². The predicted molar refractivity (Wildman–Crippen MR) is 74.2 cm³/mol. The largest absolute Gasteiger partial charge is 0.437 e. The zero-order chi connectivity index (χ0) is 13.9. The fourth-order valence-electron chi connectivity index (χ4n) is 1.54. The zero-order valence-corrected chi connectivity index (χ0v) is 11.8. The van der Waals surface area contributed by atoms with E-state index >= 15 is 0 Å². The van der Waals surface area contributed by atoms with E-state index in [1.807, 2.05) is 25.1 Å². The number of aromatic amines is 1. The molecule has 0 bridgehead atoms. The fraction of sp³-hybridized carbons (Fsp3) is 0.429. The van der Waals surface area contributed by atoms with E-state index in [0.717, 1.165) is 17.1 Å². The quantitative estimate of drug-likeness (QED) is 0.887. The molecule has 5 heteroatoms. The van der Waals surface area contributed by atoms with Crippen LogP contribution in [-0.2, 0) is 6.54 Å². The number of H-pyrrole nitrogens is 1. The van der Waals surface area contributed by atoms with Crippen molar-refractivity contribution in [2.24, 2.45) is 0 Å². The summed E-state index contributed by atoms with van der Waals surface area (Å²) >= 11 is 0. The Morgan fingerprint density at radius 2 is 2.11 bits per heavy atom. The second-order valence-electron chi connectivity index (χ2n) is 5.58. The molecule has 102 valence electrons. The lowest BCUT2D eigenvalue weighted by molar-refractivity contribution is 0.419. The molecule has 0 spiro atoms. The van der Waals surface area contributed by atoms with E-state index in [4.69, 9.17) is 4.74 Å². The maximum atomic E-state index is 5.66. The summed E-state index contributed by atoms with van der Waals surface area (Å²) in [7, 11) is 0. The smallest absolute Gasteiger partial charge is 0.238 e. The minimum absolute atomic E-state index is 0.0673. The number of nitrogens with zero attached hydrogens (tertiary/aromatic N) is 2. The summed E-state index contributed by atoms with van der Waals surface area (Å²) in [6.45, 7) is 9.02. The van der Waals surface area contributed by atoms with Gasteiger partial charge in [-0.25, -0.2) is 0 Å². The van der Waals surface area contributed by atoms with Crippen molar-refractivity contribution in [3.8, 4) is 11.6 Å². The van der Waals surface area contributed by atoms with E-state index in [0.29, 0.717) is 12.4 Å². The Balaban J connectivity index is 2.02. The van der Waals surface area contributed by atoms with E-state index in [9.17, 15) is 0 Å². The fourth-order valence-corrected chi connectivity index (χ4v) is 1.54. The zero-order valence-electron chi connectivity index (χ0n) is 11.8. The molecule has 2 heterocycles. The van der Waals surface area contributed by atoms with Crippen LogP contribution in [-0.4, -0.2) is 20.7 Å². The van der Waals surface area contributed by atoms with Gasteiger partial charge >= 0.3 is 0 Å². The third-order valence-electron chi connectivity index (χ3n) is 2.49. The van der Waals surface area contributed by atoms with Crippen LogP contribution in [0.3, 0.4) is 0 Å². The van der Waals surface area contributed by atoms with Crippen LogP contribution in [0.2, 0.25) is 0 Å². The van der Waals surface area contributed by atoms with Crippen LogP contribution in [0, 0.1) is 6.92 Å². The number of rotatable bonds is 4. The summed E-state index contributed by atoms with van der Waals surface area (Å²) in [6, 6.07) is 5.60. The highest BCUT2D eigenvalue weighted by Crippen LogP contribution is 2.19. The highest BCUT2D eigenvalue weighted by atomic mass is 16.5. The Bertz CT molecular complexity index is 542. The van der Waals surface area contributed by atoms with Gasteiger partial charge in [0, 0.05) is 36.1 Å². The lowest BCUT2D eigenvalue weighted by atomic mass is 10.1. The molecule has 0 aliphatic rings. The highest BCUT2D eigenvalue weighted by Gasteiger charge is 2.09. The van der Waals surface area contributed by atoms with Crippen LogP contribution < -0.4 is 10.1 Å². The van der Waals surface area contributed by atoms with Crippen LogP contribution in [0.4, 0.5) is 0 Å². The third kappa shape index (κ3) is 4.37. The van der Waals surface area contributed by atoms with E-state index in [-0.39, 0.29) is 5.54 Å². The van der Waals surface area contributed by atoms with Gasteiger partial charge in [-0.3, -0.25) is 10.1 Å². The van der Waals surface area contributed by atoms with E-state index in [1.165, 1.54) is 0 Å². The van der Waals surface area contributed by atoms with Gasteiger partial charge in [-0.1, -0.05) is 0 Å². The molecule has 0 amide bonds. The number of nitrogens with one attached hydrogen (secondary N) is 2. The molecule has 0 saturated heterocycles. The highest BCUT2D eigenvalue weighted by molar-refractivity contribution is 5.27. The lowest BCUT2D eigenvalue weighted by Crippen LogP contribution is -2.35. The van der Waals surface area contributed by atoms with Crippen LogP contribution >= 0.6 is 0 Å². The molecule has 0 atom stereocenters. The molecule has 2 aromatic heterocycles. The molecule has 2 rings (SSSR count). The molecule has 2 N–H and O–H groups in total. The molecular weight excluding hydrogens is 240 g/mol. The Labute approximate surface area is 113 Å². The van der Waals surface area contributed by atoms with Crippen LogP contribution in [0.15, 0.2) is 24.4 Å². The van der Waals surface area contributed by atoms with Gasteiger partial charge in [0.1, 0.15) is 5.75 Å². The summed E-state index contributed by atoms with van der Waals surface area (Å²) < 4.78 is 5.66. The maximum absolute atomic E-state index is 5.66. The number of ether oxygens (including phenoxy) is 1. The molecular formula is C14H20N4O. The average molecular weight is 260 g/mol. The second kappa shape index (κ2) is 5.40. The Hall–Kier alpha value is -1.88. The minimum atomic E-state index is 0.0673. The Morgan fingerprint density at radius 1 is 1.32 bits per heavy atom. The maximum Gasteiger partial charge on any atom is 0.238 e. The van der Waals surface area contributed by atoms with Crippen LogP contribution in [0.25, 0.3) is 0 Å². The van der Waals surface area contributed by atoms with Crippen LogP contribution in [0.1, 0.15) is 32.2 Å². The normalized spacial score (nSPS) is 11.6. The molecule has 2 aromatic rings. The number of pyridine rings is 1. The van der Waals surface area contributed by atoms with E-state index in [2.05, 4.69) is 41.3 Å². The van der Waals surface area contributed by atoms with Crippen molar-refractivity contribution in [3.63, 3.8) is 0 Å². The SMILES string of the molecule is Cc1cc(Oc2ccnc(CNC(C)(C)C)c2)n[nH]1. The third-order valence-corrected chi connectivity index (χ3v) is 2.49. The summed E-state index contributed by atoms with van der Waals surface area (Å²) in [4.78, 5) is 4.32. The Morgan fingerprint density at radius 3 is 2.74 bits per heavy atom. The Kier molecular flexibility index (Phi) is 3.85. The van der Waals surface area contributed by atoms with Gasteiger partial charge in [-0.05, 0) is 33.8 Å². The number of hydrogen-bond donors (Lipinski definition) is 2. The predicted octanol–water partition coefficient (Wildman–Crippen LogP) is 2.79. The van der Waals surface area contributed by atoms with Gasteiger partial charge in [0.05, 0.1) is 5.69 Å². The standard InChI is InChI=1S/C14H20N4O/c1-10-7-13(18-17-10)19-12-5-6-15-11(8-12)9-16-14(2,3)4/h5-8,16H,9H2,1-4H3,(H,17,18). The van der Waals surface area contributed by atoms with Gasteiger partial charge in [-0.2, -0.15) is 0 Å². The van der Waals surface area contributed by atoms with Crippen molar-refractivity contribution in [2.45, 2.75) is 39.8 Å². The molecule has 5 nitrogen and oxygen atoms in total. The second-order valence-corrected chi connectivity index (χ2v) is 5.58. The molecule has 0 saturated carbocycles. The molecule has 0 fully saturated rings. The molecule has 0 aromatic carbocycles. The van der Waals surface area contributed by atoms with Crippen molar-refractivity contribution < 1.29 is 4.74 Å². The summed E-state index contributed by atoms with van der Waals surface area (Å²) in [5.41, 5.74) is 1.98. The summed E-state index contributed by atoms with van der Waals surface area (Å²) in [5, 5.41) is 10.3. The van der Waals surface area contributed by atoms with Gasteiger partial charge in [0.15, 0.2) is 0 Å². The van der Waals surface area contributed by atoms with Crippen molar-refractivity contribution >= 4 is 0 Å². The number of aryl methyl sites for hydroxylation is 1. The first kappa shape index (κ1) is 13.5. The van der Waals surface area contributed by atoms with Gasteiger partial charge in [-0.15, -0.1) is 5.10 Å². The summed E-state index contributed by atoms with van der Waals surface area (Å²) in [6.07, 6.45) is 1.74. The lowest BCUT2D eigenvalue weighted by Gasteiger charge is -2.20. The average Bonchev–Trinajstić information content (AvgIpc) is 2.72. The first-order valence-electron chi connectivity index (χ1n) is 6.32. The van der Waals surface area contributed by atoms with Gasteiger partial charge in [0.25, 0.3) is 0 Å². The monoisotopic (exact) mass is 260 g/mol. The molecule has 0 aliphatic carbocycles. The van der Waals surface area contributed by atoms with Crippen molar-refractivity contribution in [1.82, 2.24) is 20.5 Å². The molecule has 19 heavy (non-hydrogen) atoms. The van der Waals surface area contributed by atoms with Crippen molar-refractivity contribution in [3.05, 3.63) is 35.8 Å². The molecule has 0 radical (unpaired) electrons. The number of aromatic nitrogens is 3. The van der Waals surface area contributed by atoms with Crippen molar-refractivity contribution in [1.29, 1.82) is 0 Å². The first-order chi connectivity index (χ1) is 8.92. The van der Waals surface area contributed by atoms with Crippen LogP contribution in [0.5, 0.6) is 11.6 Å².